The van der Waals surface area contributed by atoms with Crippen LogP contribution in [0.3, 0.4) is 0 Å². The van der Waals surface area contributed by atoms with Crippen LogP contribution in [0.4, 0.5) is 0 Å². The number of amides is 5. The molecule has 0 saturated carbocycles. The van der Waals surface area contributed by atoms with Crippen LogP contribution in [0.2, 0.25) is 5.02 Å². The summed E-state index contributed by atoms with van der Waals surface area (Å²) >= 11 is 7.82. The highest BCUT2D eigenvalue weighted by atomic mass is 35.5. The number of carboxylic acid groups (broad SMARTS) is 1. The largest absolute Gasteiger partial charge is 0.480 e. The Labute approximate surface area is 306 Å². The van der Waals surface area contributed by atoms with Gasteiger partial charge >= 0.3 is 5.97 Å². The second-order valence-corrected chi connectivity index (χ2v) is 13.7. The molecule has 0 radical (unpaired) electrons. The Balaban J connectivity index is 1.42. The fraction of sp³-hybridized carbons (Fsp3) is 0.353. The first-order valence-corrected chi connectivity index (χ1v) is 17.9. The number of aromatic amines is 2. The molecular weight excluding hydrogens is 716 g/mol. The van der Waals surface area contributed by atoms with E-state index >= 15 is 0 Å². The zero-order chi connectivity index (χ0) is 37.5. The number of thioether (sulfide) groups is 1. The second-order valence-electron chi connectivity index (χ2n) is 12.3. The summed E-state index contributed by atoms with van der Waals surface area (Å²) in [6, 6.07) is 6.67. The van der Waals surface area contributed by atoms with Crippen LogP contribution < -0.4 is 27.0 Å². The fourth-order valence-corrected chi connectivity index (χ4v) is 7.34. The highest BCUT2D eigenvalue weighted by molar-refractivity contribution is 7.99. The monoisotopic (exact) mass is 754 g/mol. The van der Waals surface area contributed by atoms with E-state index in [-0.39, 0.29) is 24.5 Å². The Kier molecular flexibility index (Phi) is 12.4. The molecule has 2 aromatic heterocycles. The van der Waals surface area contributed by atoms with Crippen LogP contribution in [0.15, 0.2) is 54.9 Å². The second kappa shape index (κ2) is 16.9. The summed E-state index contributed by atoms with van der Waals surface area (Å²) in [7, 11) is 0. The number of H-pyrrole nitrogens is 2. The van der Waals surface area contributed by atoms with Gasteiger partial charge in [0.15, 0.2) is 0 Å². The first-order chi connectivity index (χ1) is 24.9. The number of hydrogen-bond donors (Lipinski definition) is 9. The molecule has 0 spiro atoms. The standard InChI is InChI=1S/C34H39ClN8O8S/c1-17(34(50)51)40-28(45)13-39-30(46)25(10-19-12-38-24-8-4-6-21(35)29(19)24)41-31(47)26(9-18-11-37-23-7-3-2-5-20(18)23)42-32(48)27-15-52-16-43(27)33(49)22(36)14-44/h2-8,11-12,17,22,25-27,37-38,44H,9-10,13-16,36H2,1H3,(H,39,46)(H,40,45)(H,41,47)(H,42,48)(H,50,51)/t17-,22-,25+,26+,27+/m1/s1. The number of rotatable bonds is 15. The Morgan fingerprint density at radius 3 is 2.37 bits per heavy atom. The number of halogens is 1. The van der Waals surface area contributed by atoms with Gasteiger partial charge in [-0.2, -0.15) is 0 Å². The number of carbonyl (C=O) groups is 6. The molecule has 0 aliphatic carbocycles. The number of para-hydroxylation sites is 1. The van der Waals surface area contributed by atoms with Gasteiger partial charge < -0.3 is 52.1 Å². The Morgan fingerprint density at radius 1 is 0.942 bits per heavy atom. The predicted octanol–water partition coefficient (Wildman–Crippen LogP) is -0.0160. The van der Waals surface area contributed by atoms with Crippen molar-refractivity contribution in [1.29, 1.82) is 0 Å². The van der Waals surface area contributed by atoms with Crippen molar-refractivity contribution in [3.8, 4) is 0 Å². The highest BCUT2D eigenvalue weighted by Crippen LogP contribution is 2.28. The molecule has 4 aromatic rings. The quantitative estimate of drug-likeness (QED) is 0.0785. The third kappa shape index (κ3) is 8.85. The third-order valence-electron chi connectivity index (χ3n) is 8.68. The van der Waals surface area contributed by atoms with Crippen LogP contribution >= 0.6 is 23.4 Å². The summed E-state index contributed by atoms with van der Waals surface area (Å²) in [5, 5.41) is 30.6. The van der Waals surface area contributed by atoms with E-state index in [9.17, 15) is 33.9 Å². The molecule has 16 nitrogen and oxygen atoms in total. The van der Waals surface area contributed by atoms with E-state index in [0.29, 0.717) is 27.1 Å². The van der Waals surface area contributed by atoms with E-state index in [1.807, 2.05) is 24.3 Å². The highest BCUT2D eigenvalue weighted by Gasteiger charge is 2.38. The minimum atomic E-state index is -1.29. The number of nitrogens with two attached hydrogens (primary N) is 1. The molecule has 10 N–H and O–H groups in total. The van der Waals surface area contributed by atoms with Gasteiger partial charge in [0.2, 0.25) is 29.5 Å². The summed E-state index contributed by atoms with van der Waals surface area (Å²) in [5.74, 6) is -4.36. The molecule has 1 fully saturated rings. The number of aliphatic hydroxyl groups is 1. The Bertz CT molecular complexity index is 1980. The maximum Gasteiger partial charge on any atom is 0.325 e. The van der Waals surface area contributed by atoms with Crippen molar-refractivity contribution in [2.24, 2.45) is 5.73 Å². The van der Waals surface area contributed by atoms with Gasteiger partial charge in [-0.15, -0.1) is 11.8 Å². The van der Waals surface area contributed by atoms with Gasteiger partial charge in [0.25, 0.3) is 0 Å². The number of carbonyl (C=O) groups excluding carboxylic acids is 5. The minimum absolute atomic E-state index is 0.00567. The fourth-order valence-electron chi connectivity index (χ4n) is 5.88. The van der Waals surface area contributed by atoms with E-state index in [4.69, 9.17) is 22.4 Å². The minimum Gasteiger partial charge on any atom is -0.480 e. The van der Waals surface area contributed by atoms with Crippen molar-refractivity contribution in [3.05, 3.63) is 71.0 Å². The lowest BCUT2D eigenvalue weighted by Crippen LogP contribution is -2.59. The number of nitrogens with one attached hydrogen (secondary N) is 6. The van der Waals surface area contributed by atoms with Crippen molar-refractivity contribution < 1.29 is 39.0 Å². The van der Waals surface area contributed by atoms with Gasteiger partial charge in [0.1, 0.15) is 30.2 Å². The van der Waals surface area contributed by atoms with E-state index in [0.717, 1.165) is 10.9 Å². The number of hydrogen-bond acceptors (Lipinski definition) is 9. The average Bonchev–Trinajstić information content (AvgIpc) is 3.89. The molecule has 5 amide bonds. The predicted molar refractivity (Wildman–Crippen MR) is 194 cm³/mol. The van der Waals surface area contributed by atoms with Crippen LogP contribution in [0.5, 0.6) is 0 Å². The van der Waals surface area contributed by atoms with Crippen LogP contribution in [0.1, 0.15) is 18.1 Å². The molecule has 0 bridgehead atoms. The van der Waals surface area contributed by atoms with Crippen molar-refractivity contribution in [1.82, 2.24) is 36.1 Å². The average molecular weight is 755 g/mol. The van der Waals surface area contributed by atoms with E-state index < -0.39 is 78.9 Å². The number of aliphatic hydroxyl groups excluding tert-OH is 1. The molecule has 18 heteroatoms. The maximum absolute atomic E-state index is 14.2. The molecular formula is C34H39ClN8O8S. The lowest BCUT2D eigenvalue weighted by atomic mass is 10.0. The van der Waals surface area contributed by atoms with E-state index in [1.54, 1.807) is 30.6 Å². The molecule has 1 aliphatic heterocycles. The normalized spacial score (nSPS) is 16.5. The topological polar surface area (TPSA) is 252 Å². The SMILES string of the molecule is C[C@@H](NC(=O)CNC(=O)[C@H](Cc1c[nH]c2cccc(Cl)c12)NC(=O)[C@H](Cc1c[nH]c2ccccc12)NC(=O)[C@@H]1CSCN1C(=O)[C@H](N)CO)C(=O)O. The van der Waals surface area contributed by atoms with Crippen molar-refractivity contribution in [2.75, 3.05) is 24.8 Å². The molecule has 52 heavy (non-hydrogen) atoms. The van der Waals surface area contributed by atoms with Crippen molar-refractivity contribution in [2.45, 2.75) is 50.0 Å². The number of fused-ring (bicyclic) bond motifs is 2. The molecule has 1 aliphatic rings. The maximum atomic E-state index is 14.2. The number of aliphatic carboxylic acids is 1. The first kappa shape index (κ1) is 38.1. The molecule has 2 aromatic carbocycles. The van der Waals surface area contributed by atoms with E-state index in [1.165, 1.54) is 23.6 Å². The van der Waals surface area contributed by atoms with Gasteiger partial charge in [-0.3, -0.25) is 28.8 Å². The van der Waals surface area contributed by atoms with Gasteiger partial charge in [-0.1, -0.05) is 35.9 Å². The first-order valence-electron chi connectivity index (χ1n) is 16.3. The third-order valence-corrected chi connectivity index (χ3v) is 10.0. The van der Waals surface area contributed by atoms with Gasteiger partial charge in [-0.25, -0.2) is 0 Å². The number of nitrogens with zero attached hydrogens (tertiary/aromatic N) is 1. The molecule has 5 rings (SSSR count). The molecule has 0 unspecified atom stereocenters. The van der Waals surface area contributed by atoms with E-state index in [2.05, 4.69) is 31.2 Å². The smallest absolute Gasteiger partial charge is 0.325 e. The summed E-state index contributed by atoms with van der Waals surface area (Å²) in [6.45, 7) is 0.0891. The Morgan fingerprint density at radius 2 is 1.62 bits per heavy atom. The summed E-state index contributed by atoms with van der Waals surface area (Å²) < 4.78 is 0. The van der Waals surface area contributed by atoms with Gasteiger partial charge in [-0.05, 0) is 36.2 Å². The molecule has 5 atom stereocenters. The summed E-state index contributed by atoms with van der Waals surface area (Å²) in [6.07, 6.45) is 3.28. The summed E-state index contributed by atoms with van der Waals surface area (Å²) in [4.78, 5) is 85.6. The van der Waals surface area contributed by atoms with Gasteiger partial charge in [0.05, 0.1) is 24.1 Å². The molecule has 276 valence electrons. The van der Waals surface area contributed by atoms with Crippen molar-refractivity contribution in [3.63, 3.8) is 0 Å². The van der Waals surface area contributed by atoms with Crippen LogP contribution in [-0.4, -0.2) is 116 Å². The molecule has 3 heterocycles. The van der Waals surface area contributed by atoms with Crippen LogP contribution in [-0.2, 0) is 41.6 Å². The van der Waals surface area contributed by atoms with Crippen LogP contribution in [0, 0.1) is 0 Å². The lowest BCUT2D eigenvalue weighted by Gasteiger charge is -2.28. The number of aromatic nitrogens is 2. The Hall–Kier alpha value is -5.10. The van der Waals surface area contributed by atoms with Gasteiger partial charge in [0, 0.05) is 52.8 Å². The number of carboxylic acids is 1. The summed E-state index contributed by atoms with van der Waals surface area (Å²) in [5.41, 5.74) is 8.53. The lowest BCUT2D eigenvalue weighted by molar-refractivity contribution is -0.141. The van der Waals surface area contributed by atoms with Crippen LogP contribution in [0.25, 0.3) is 21.8 Å². The van der Waals surface area contributed by atoms with Crippen molar-refractivity contribution >= 4 is 80.7 Å². The zero-order valence-electron chi connectivity index (χ0n) is 28.0. The molecule has 1 saturated heterocycles. The zero-order valence-corrected chi connectivity index (χ0v) is 29.6. The number of benzene rings is 2.